The number of halogens is 2. The predicted molar refractivity (Wildman–Crippen MR) is 104 cm³/mol. The molecule has 0 radical (unpaired) electrons. The van der Waals surface area contributed by atoms with Crippen molar-refractivity contribution in [3.05, 3.63) is 41.4 Å². The molecule has 0 heterocycles. The average Bonchev–Trinajstić information content (AvgIpc) is 3.08. The summed E-state index contributed by atoms with van der Waals surface area (Å²) in [5, 5.41) is 3.49. The Bertz CT molecular complexity index is 554. The van der Waals surface area contributed by atoms with Crippen molar-refractivity contribution in [2.45, 2.75) is 39.0 Å². The molecular weight excluding hydrogens is 550 g/mol. The first-order valence-electron chi connectivity index (χ1n) is 8.50. The van der Waals surface area contributed by atoms with Crippen LogP contribution in [-0.2, 0) is 22.9 Å². The molecule has 0 fully saturated rings. The van der Waals surface area contributed by atoms with Crippen LogP contribution in [0.5, 0.6) is 0 Å². The summed E-state index contributed by atoms with van der Waals surface area (Å²) >= 11 is -0.897. The molecule has 2 rings (SSSR count). The average molecular weight is 582 g/mol. The number of rotatable bonds is 6. The number of allylic oxidation sites excluding steroid dienone is 8. The maximum atomic E-state index is 2.50. The first-order chi connectivity index (χ1) is 10.6. The van der Waals surface area contributed by atoms with E-state index >= 15 is 0 Å². The minimum atomic E-state index is -1.44. The summed E-state index contributed by atoms with van der Waals surface area (Å²) in [6.07, 6.45) is 12.3. The van der Waals surface area contributed by atoms with Crippen molar-refractivity contribution in [1.29, 1.82) is 0 Å². The van der Waals surface area contributed by atoms with Crippen LogP contribution in [-0.4, -0.2) is 53.8 Å². The van der Waals surface area contributed by atoms with Gasteiger partial charge in [-0.1, -0.05) is 0 Å². The van der Waals surface area contributed by atoms with Crippen molar-refractivity contribution in [3.63, 3.8) is 0 Å². The molecule has 25 heavy (non-hydrogen) atoms. The van der Waals surface area contributed by atoms with Gasteiger partial charge in [0, 0.05) is 0 Å². The molecule has 140 valence electrons. The summed E-state index contributed by atoms with van der Waals surface area (Å²) in [6, 6.07) is 0. The smallest absolute Gasteiger partial charge is 1.00 e. The van der Waals surface area contributed by atoms with Crippen LogP contribution in [0, 0.1) is 0 Å². The van der Waals surface area contributed by atoms with Crippen LogP contribution in [0.2, 0.25) is 26.2 Å². The molecule has 0 bridgehead atoms. The third-order valence-electron chi connectivity index (χ3n) is 5.72. The Hall–Kier alpha value is 0.764. The van der Waals surface area contributed by atoms with Crippen LogP contribution in [0.1, 0.15) is 12.8 Å². The molecule has 0 unspecified atom stereocenters. The van der Waals surface area contributed by atoms with Gasteiger partial charge in [0.1, 0.15) is 0 Å². The summed E-state index contributed by atoms with van der Waals surface area (Å²) in [4.78, 5) is 0. The molecule has 0 aromatic heterocycles. The van der Waals surface area contributed by atoms with E-state index in [2.05, 4.69) is 87.8 Å². The fourth-order valence-electron chi connectivity index (χ4n) is 3.06. The molecule has 0 aromatic carbocycles. The molecule has 2 nitrogen and oxygen atoms in total. The normalized spacial score (nSPS) is 17.4. The Labute approximate surface area is 180 Å². The van der Waals surface area contributed by atoms with E-state index in [1.807, 2.05) is 6.66 Å². The second-order valence-corrected chi connectivity index (χ2v) is 22.4. The first-order valence-corrected chi connectivity index (χ1v) is 18.0. The second-order valence-electron chi connectivity index (χ2n) is 8.03. The third kappa shape index (κ3) is 5.40. The fraction of sp³-hybridized carbons (Fsp3) is 0.556. The van der Waals surface area contributed by atoms with Gasteiger partial charge in [-0.05, 0) is 0 Å². The van der Waals surface area contributed by atoms with Crippen molar-refractivity contribution in [1.82, 2.24) is 9.13 Å². The molecule has 0 saturated carbocycles. The maximum Gasteiger partial charge on any atom is -1.00 e. The molecular formula is C18H32Cl2HfN2Si2. The monoisotopic (exact) mass is 582 g/mol. The minimum absolute atomic E-state index is 0. The van der Waals surface area contributed by atoms with Gasteiger partial charge in [-0.3, -0.25) is 0 Å². The number of nitrogens with zero attached hydrogens (tertiary/aromatic N) is 2. The molecule has 0 aliphatic heterocycles. The number of hydrogen-bond donors (Lipinski definition) is 0. The van der Waals surface area contributed by atoms with Gasteiger partial charge in [0.05, 0.1) is 0 Å². The van der Waals surface area contributed by atoms with Crippen LogP contribution >= 0.6 is 0 Å². The first kappa shape index (κ1) is 25.8. The van der Waals surface area contributed by atoms with Crippen molar-refractivity contribution in [2.75, 3.05) is 28.2 Å². The Balaban J connectivity index is 0.00000288. The zero-order chi connectivity index (χ0) is 17.4. The van der Waals surface area contributed by atoms with Gasteiger partial charge in [0.15, 0.2) is 0 Å². The zero-order valence-electron chi connectivity index (χ0n) is 16.9. The summed E-state index contributed by atoms with van der Waals surface area (Å²) in [5.74, 6) is 0. The molecule has 2 aliphatic rings. The largest absolute Gasteiger partial charge is 1.00 e. The Morgan fingerprint density at radius 3 is 1.32 bits per heavy atom. The van der Waals surface area contributed by atoms with Gasteiger partial charge in [0.25, 0.3) is 0 Å². The second kappa shape index (κ2) is 9.81. The quantitative estimate of drug-likeness (QED) is 0.339. The molecule has 0 N–H and O–H groups in total. The van der Waals surface area contributed by atoms with Crippen molar-refractivity contribution >= 4 is 16.5 Å². The summed E-state index contributed by atoms with van der Waals surface area (Å²) in [7, 11) is 6.18. The van der Waals surface area contributed by atoms with Crippen LogP contribution in [0.4, 0.5) is 0 Å². The van der Waals surface area contributed by atoms with E-state index in [1.54, 1.807) is 10.4 Å². The number of hydrogen-bond acceptors (Lipinski definition) is 2. The van der Waals surface area contributed by atoms with E-state index in [0.29, 0.717) is 0 Å². The molecule has 0 spiro atoms. The van der Waals surface area contributed by atoms with Crippen molar-refractivity contribution in [2.24, 2.45) is 0 Å². The van der Waals surface area contributed by atoms with Crippen molar-refractivity contribution < 1.29 is 47.7 Å². The van der Waals surface area contributed by atoms with Gasteiger partial charge in [0.2, 0.25) is 0 Å². The maximum absolute atomic E-state index is 2.50. The van der Waals surface area contributed by atoms with E-state index in [4.69, 9.17) is 0 Å². The van der Waals surface area contributed by atoms with E-state index < -0.39 is 39.4 Å². The van der Waals surface area contributed by atoms with Gasteiger partial charge >= 0.3 is 157 Å². The van der Waals surface area contributed by atoms with Gasteiger partial charge < -0.3 is 24.8 Å². The van der Waals surface area contributed by atoms with Crippen LogP contribution in [0.3, 0.4) is 0 Å². The summed E-state index contributed by atoms with van der Waals surface area (Å²) < 4.78 is 8.75. The van der Waals surface area contributed by atoms with Crippen molar-refractivity contribution in [3.8, 4) is 0 Å². The molecule has 0 aromatic rings. The minimum Gasteiger partial charge on any atom is -1.00 e. The SMILES string of the molecule is CN(C)[Si](C)(C)C1=[C]([Hf+2][C]2=C([Si](C)(C)N(C)C)C=CC2)CC=C1.[Cl-].[Cl-]. The molecule has 2 aliphatic carbocycles. The van der Waals surface area contributed by atoms with E-state index in [1.165, 1.54) is 12.8 Å². The molecule has 0 atom stereocenters. The van der Waals surface area contributed by atoms with Gasteiger partial charge in [-0.25, -0.2) is 0 Å². The summed E-state index contributed by atoms with van der Waals surface area (Å²) in [5.41, 5.74) is 0. The molecule has 0 saturated heterocycles. The third-order valence-corrected chi connectivity index (χ3v) is 21.1. The van der Waals surface area contributed by atoms with Gasteiger partial charge in [-0.15, -0.1) is 0 Å². The van der Waals surface area contributed by atoms with E-state index in [0.717, 1.165) is 0 Å². The van der Waals surface area contributed by atoms with Crippen LogP contribution < -0.4 is 24.8 Å². The summed E-state index contributed by atoms with van der Waals surface area (Å²) in [6.45, 7) is 10.0. The Morgan fingerprint density at radius 1 is 0.720 bits per heavy atom. The Morgan fingerprint density at radius 2 is 1.04 bits per heavy atom. The van der Waals surface area contributed by atoms with E-state index in [-0.39, 0.29) is 24.8 Å². The van der Waals surface area contributed by atoms with E-state index in [9.17, 15) is 0 Å². The van der Waals surface area contributed by atoms with Gasteiger partial charge in [-0.2, -0.15) is 0 Å². The molecule has 7 heteroatoms. The van der Waals surface area contributed by atoms with Crippen LogP contribution in [0.15, 0.2) is 41.4 Å². The predicted octanol–water partition coefficient (Wildman–Crippen LogP) is -1.88. The molecule has 0 amide bonds. The standard InChI is InChI=1S/2C9H16NSi.2ClH.Hf/c2*1-10(2)11(3,4)9-7-5-6-8-9;;;/h2*5,7H,6H2,1-4H3;2*1H;/q;;;;+2/p-2. The fourth-order valence-corrected chi connectivity index (χ4v) is 18.8. The Kier molecular flexibility index (Phi) is 10.1. The topological polar surface area (TPSA) is 6.48 Å². The zero-order valence-corrected chi connectivity index (χ0v) is 24.0. The van der Waals surface area contributed by atoms with Crippen LogP contribution in [0.25, 0.3) is 0 Å².